The number of imidazole rings is 1. The van der Waals surface area contributed by atoms with Gasteiger partial charge in [-0.25, -0.2) is 4.79 Å². The van der Waals surface area contributed by atoms with E-state index in [9.17, 15) is 4.79 Å². The van der Waals surface area contributed by atoms with E-state index >= 15 is 0 Å². The summed E-state index contributed by atoms with van der Waals surface area (Å²) in [5, 5.41) is 0. The van der Waals surface area contributed by atoms with Crippen molar-refractivity contribution in [2.24, 2.45) is 11.7 Å². The molecule has 0 radical (unpaired) electrons. The van der Waals surface area contributed by atoms with Crippen molar-refractivity contribution in [1.29, 1.82) is 0 Å². The lowest BCUT2D eigenvalue weighted by molar-refractivity contribution is -0.0295. The third-order valence-electron chi connectivity index (χ3n) is 4.09. The van der Waals surface area contributed by atoms with Gasteiger partial charge in [-0.3, -0.25) is 4.57 Å². The Balaban J connectivity index is 1.50. The number of hydrogen-bond acceptors (Lipinski definition) is 3. The normalized spacial score (nSPS) is 22.1. The van der Waals surface area contributed by atoms with Gasteiger partial charge in [0.2, 0.25) is 0 Å². The highest BCUT2D eigenvalue weighted by molar-refractivity contribution is 5.74. The fraction of sp³-hybridized carbons (Fsp3) is 0.533. The summed E-state index contributed by atoms with van der Waals surface area (Å²) in [5.74, 6) is 0.649. The number of aromatic amines is 1. The van der Waals surface area contributed by atoms with Crippen molar-refractivity contribution in [2.45, 2.75) is 31.9 Å². The van der Waals surface area contributed by atoms with E-state index in [4.69, 9.17) is 10.5 Å². The molecule has 0 amide bonds. The minimum absolute atomic E-state index is 0.0435. The van der Waals surface area contributed by atoms with Crippen LogP contribution in [-0.4, -0.2) is 28.8 Å². The minimum Gasteiger partial charge on any atom is -0.378 e. The van der Waals surface area contributed by atoms with Crippen molar-refractivity contribution in [3.8, 4) is 0 Å². The quantitative estimate of drug-likeness (QED) is 0.784. The second kappa shape index (κ2) is 5.81. The van der Waals surface area contributed by atoms with E-state index < -0.39 is 0 Å². The van der Waals surface area contributed by atoms with Crippen LogP contribution in [0.3, 0.4) is 0 Å². The maximum atomic E-state index is 11.9. The van der Waals surface area contributed by atoms with Gasteiger partial charge in [0, 0.05) is 13.2 Å². The molecule has 5 nitrogen and oxygen atoms in total. The first-order valence-electron chi connectivity index (χ1n) is 7.27. The number of aryl methyl sites for hydroxylation is 1. The number of ether oxygens (including phenoxy) is 1. The fourth-order valence-corrected chi connectivity index (χ4v) is 2.80. The standard InChI is InChI=1S/C15H21N3O2/c16-10-11-8-12(9-11)20-7-3-6-18-14-5-2-1-4-13(14)17-15(18)19/h1-2,4-5,11-12H,3,6-10,16H2,(H,17,19). The molecule has 2 aromatic rings. The summed E-state index contributed by atoms with van der Waals surface area (Å²) in [4.78, 5) is 14.7. The van der Waals surface area contributed by atoms with Crippen molar-refractivity contribution in [3.05, 3.63) is 34.7 Å². The van der Waals surface area contributed by atoms with E-state index in [0.29, 0.717) is 25.2 Å². The molecular weight excluding hydrogens is 254 g/mol. The number of fused-ring (bicyclic) bond motifs is 1. The van der Waals surface area contributed by atoms with Crippen molar-refractivity contribution in [1.82, 2.24) is 9.55 Å². The summed E-state index contributed by atoms with van der Waals surface area (Å²) in [6.07, 6.45) is 3.40. The topological polar surface area (TPSA) is 73.0 Å². The summed E-state index contributed by atoms with van der Waals surface area (Å²) in [7, 11) is 0. The van der Waals surface area contributed by atoms with Crippen LogP contribution in [0.4, 0.5) is 0 Å². The van der Waals surface area contributed by atoms with E-state index in [1.807, 2.05) is 24.3 Å². The smallest absolute Gasteiger partial charge is 0.326 e. The molecule has 1 saturated carbocycles. The van der Waals surface area contributed by atoms with E-state index in [0.717, 1.165) is 36.8 Å². The van der Waals surface area contributed by atoms with Gasteiger partial charge in [0.1, 0.15) is 0 Å². The summed E-state index contributed by atoms with van der Waals surface area (Å²) in [6.45, 7) is 2.16. The highest BCUT2D eigenvalue weighted by Crippen LogP contribution is 2.28. The van der Waals surface area contributed by atoms with Crippen LogP contribution in [0.1, 0.15) is 19.3 Å². The maximum absolute atomic E-state index is 11.9. The summed E-state index contributed by atoms with van der Waals surface area (Å²) in [6, 6.07) is 7.76. The number of H-pyrrole nitrogens is 1. The lowest BCUT2D eigenvalue weighted by atomic mass is 9.82. The molecular formula is C15H21N3O2. The highest BCUT2D eigenvalue weighted by atomic mass is 16.5. The Labute approximate surface area is 117 Å². The SMILES string of the molecule is NCC1CC(OCCCn2c(=O)[nH]c3ccccc32)C1. The van der Waals surface area contributed by atoms with Gasteiger partial charge in [0.15, 0.2) is 0 Å². The van der Waals surface area contributed by atoms with Crippen LogP contribution >= 0.6 is 0 Å². The van der Waals surface area contributed by atoms with Gasteiger partial charge in [0.25, 0.3) is 0 Å². The average molecular weight is 275 g/mol. The molecule has 0 unspecified atom stereocenters. The highest BCUT2D eigenvalue weighted by Gasteiger charge is 2.28. The average Bonchev–Trinajstić information content (AvgIpc) is 2.72. The number of benzene rings is 1. The molecule has 3 rings (SSSR count). The number of hydrogen-bond donors (Lipinski definition) is 2. The molecule has 0 saturated heterocycles. The van der Waals surface area contributed by atoms with Crippen LogP contribution < -0.4 is 11.4 Å². The van der Waals surface area contributed by atoms with E-state index in [1.54, 1.807) is 4.57 Å². The number of nitrogens with two attached hydrogens (primary N) is 1. The number of rotatable bonds is 6. The van der Waals surface area contributed by atoms with Crippen LogP contribution in [0.25, 0.3) is 11.0 Å². The zero-order chi connectivity index (χ0) is 13.9. The Bertz CT molecular complexity index is 625. The summed E-state index contributed by atoms with van der Waals surface area (Å²) < 4.78 is 7.56. The molecule has 1 aliphatic rings. The molecule has 1 aromatic carbocycles. The molecule has 0 aliphatic heterocycles. The van der Waals surface area contributed by atoms with Gasteiger partial charge in [-0.1, -0.05) is 12.1 Å². The van der Waals surface area contributed by atoms with Gasteiger partial charge < -0.3 is 15.5 Å². The predicted molar refractivity (Wildman–Crippen MR) is 78.7 cm³/mol. The Kier molecular flexibility index (Phi) is 3.89. The Morgan fingerprint density at radius 2 is 2.15 bits per heavy atom. The molecule has 5 heteroatoms. The first-order chi connectivity index (χ1) is 9.78. The minimum atomic E-state index is -0.0435. The van der Waals surface area contributed by atoms with Crippen LogP contribution in [0.5, 0.6) is 0 Å². The van der Waals surface area contributed by atoms with Gasteiger partial charge in [-0.15, -0.1) is 0 Å². The number of nitrogens with one attached hydrogen (secondary N) is 1. The predicted octanol–water partition coefficient (Wildman–Crippen LogP) is 1.47. The van der Waals surface area contributed by atoms with E-state index in [-0.39, 0.29) is 5.69 Å². The Hall–Kier alpha value is -1.59. The van der Waals surface area contributed by atoms with Crippen molar-refractivity contribution in [2.75, 3.05) is 13.2 Å². The first kappa shape index (κ1) is 13.4. The largest absolute Gasteiger partial charge is 0.378 e. The molecule has 3 N–H and O–H groups in total. The van der Waals surface area contributed by atoms with E-state index in [1.165, 1.54) is 0 Å². The summed E-state index contributed by atoms with van der Waals surface area (Å²) >= 11 is 0. The Morgan fingerprint density at radius 1 is 1.35 bits per heavy atom. The first-order valence-corrected chi connectivity index (χ1v) is 7.27. The molecule has 1 fully saturated rings. The van der Waals surface area contributed by atoms with Gasteiger partial charge in [0.05, 0.1) is 17.1 Å². The van der Waals surface area contributed by atoms with Crippen LogP contribution in [0, 0.1) is 5.92 Å². The van der Waals surface area contributed by atoms with Crippen molar-refractivity contribution in [3.63, 3.8) is 0 Å². The Morgan fingerprint density at radius 3 is 2.95 bits per heavy atom. The molecule has 1 aromatic heterocycles. The molecule has 1 heterocycles. The second-order valence-electron chi connectivity index (χ2n) is 5.52. The zero-order valence-electron chi connectivity index (χ0n) is 11.5. The second-order valence-corrected chi connectivity index (χ2v) is 5.52. The number of para-hydroxylation sites is 2. The third kappa shape index (κ3) is 2.64. The third-order valence-corrected chi connectivity index (χ3v) is 4.09. The van der Waals surface area contributed by atoms with Crippen molar-refractivity contribution < 1.29 is 4.74 Å². The zero-order valence-corrected chi connectivity index (χ0v) is 11.5. The van der Waals surface area contributed by atoms with Crippen molar-refractivity contribution >= 4 is 11.0 Å². The lowest BCUT2D eigenvalue weighted by Gasteiger charge is -2.34. The van der Waals surface area contributed by atoms with Crippen LogP contribution in [0.15, 0.2) is 29.1 Å². The van der Waals surface area contributed by atoms with Crippen LogP contribution in [-0.2, 0) is 11.3 Å². The van der Waals surface area contributed by atoms with Gasteiger partial charge in [-0.05, 0) is 43.9 Å². The molecule has 1 aliphatic carbocycles. The lowest BCUT2D eigenvalue weighted by Crippen LogP contribution is -2.36. The molecule has 0 bridgehead atoms. The van der Waals surface area contributed by atoms with E-state index in [2.05, 4.69) is 4.98 Å². The molecule has 20 heavy (non-hydrogen) atoms. The molecule has 108 valence electrons. The fourth-order valence-electron chi connectivity index (χ4n) is 2.80. The maximum Gasteiger partial charge on any atom is 0.326 e. The number of nitrogens with zero attached hydrogens (tertiary/aromatic N) is 1. The number of aromatic nitrogens is 2. The summed E-state index contributed by atoms with van der Waals surface area (Å²) in [5.41, 5.74) is 7.40. The van der Waals surface area contributed by atoms with Gasteiger partial charge >= 0.3 is 5.69 Å². The van der Waals surface area contributed by atoms with Crippen LogP contribution in [0.2, 0.25) is 0 Å². The molecule has 0 atom stereocenters. The monoisotopic (exact) mass is 275 g/mol. The molecule has 0 spiro atoms. The van der Waals surface area contributed by atoms with Gasteiger partial charge in [-0.2, -0.15) is 0 Å².